The lowest BCUT2D eigenvalue weighted by Gasteiger charge is -2.18. The second kappa shape index (κ2) is 9.96. The number of carbonyl (C=O) groups is 2. The molecule has 0 saturated carbocycles. The van der Waals surface area contributed by atoms with Gasteiger partial charge in [0.2, 0.25) is 5.75 Å². The van der Waals surface area contributed by atoms with Crippen molar-refractivity contribution >= 4 is 17.8 Å². The maximum absolute atomic E-state index is 12.3. The standard InChI is InChI=1S/C24H28O6/c1-24(2,3)18-10-8-17(9-11-18)19(25)15-30-22(26)12-7-16-13-20(27-4)23(29-6)21(14-16)28-5/h7-14H,15H2,1-6H3/b12-7+. The van der Waals surface area contributed by atoms with Crippen LogP contribution in [-0.4, -0.2) is 39.7 Å². The van der Waals surface area contributed by atoms with Gasteiger partial charge in [0.1, 0.15) is 0 Å². The van der Waals surface area contributed by atoms with Crippen LogP contribution in [0.1, 0.15) is 42.3 Å². The zero-order valence-corrected chi connectivity index (χ0v) is 18.3. The molecule has 0 fully saturated rings. The summed E-state index contributed by atoms with van der Waals surface area (Å²) in [5.41, 5.74) is 2.30. The number of methoxy groups -OCH3 is 3. The minimum atomic E-state index is -0.622. The van der Waals surface area contributed by atoms with E-state index in [9.17, 15) is 9.59 Å². The number of hydrogen-bond acceptors (Lipinski definition) is 6. The molecule has 0 aliphatic carbocycles. The molecule has 0 unspecified atom stereocenters. The summed E-state index contributed by atoms with van der Waals surface area (Å²) < 4.78 is 20.9. The highest BCUT2D eigenvalue weighted by molar-refractivity contribution is 5.99. The van der Waals surface area contributed by atoms with Crippen LogP contribution in [0.3, 0.4) is 0 Å². The van der Waals surface area contributed by atoms with Crippen LogP contribution in [-0.2, 0) is 14.9 Å². The van der Waals surface area contributed by atoms with Gasteiger partial charge in [-0.05, 0) is 34.8 Å². The predicted molar refractivity (Wildman–Crippen MR) is 116 cm³/mol. The minimum absolute atomic E-state index is 0.00561. The summed E-state index contributed by atoms with van der Waals surface area (Å²) in [6.45, 7) is 5.98. The SMILES string of the molecule is COc1cc(/C=C/C(=O)OCC(=O)c2ccc(C(C)(C)C)cc2)cc(OC)c1OC. The maximum Gasteiger partial charge on any atom is 0.331 e. The van der Waals surface area contributed by atoms with E-state index in [0.29, 0.717) is 28.4 Å². The number of rotatable bonds is 8. The van der Waals surface area contributed by atoms with Gasteiger partial charge < -0.3 is 18.9 Å². The smallest absolute Gasteiger partial charge is 0.331 e. The summed E-state index contributed by atoms with van der Waals surface area (Å²) >= 11 is 0. The first-order valence-electron chi connectivity index (χ1n) is 9.48. The van der Waals surface area contributed by atoms with Crippen molar-refractivity contribution in [1.29, 1.82) is 0 Å². The van der Waals surface area contributed by atoms with Crippen LogP contribution in [0.4, 0.5) is 0 Å². The Kier molecular flexibility index (Phi) is 7.64. The Hall–Kier alpha value is -3.28. The molecule has 2 rings (SSSR count). The quantitative estimate of drug-likeness (QED) is 0.362. The number of benzene rings is 2. The molecular weight excluding hydrogens is 384 g/mol. The number of esters is 1. The molecule has 0 saturated heterocycles. The van der Waals surface area contributed by atoms with Crippen molar-refractivity contribution < 1.29 is 28.5 Å². The first-order valence-corrected chi connectivity index (χ1v) is 9.48. The van der Waals surface area contributed by atoms with Crippen LogP contribution in [0.15, 0.2) is 42.5 Å². The number of carbonyl (C=O) groups excluding carboxylic acids is 2. The molecule has 0 radical (unpaired) electrons. The Labute approximate surface area is 177 Å². The number of ether oxygens (including phenoxy) is 4. The molecule has 6 nitrogen and oxygen atoms in total. The van der Waals surface area contributed by atoms with Crippen molar-refractivity contribution in [3.05, 3.63) is 59.2 Å². The number of Topliss-reactive ketones (excluding diaryl/α,β-unsaturated/α-hetero) is 1. The van der Waals surface area contributed by atoms with Crippen LogP contribution < -0.4 is 14.2 Å². The third kappa shape index (κ3) is 5.86. The first kappa shape index (κ1) is 23.0. The summed E-state index contributed by atoms with van der Waals surface area (Å²) in [5.74, 6) is 0.522. The fourth-order valence-corrected chi connectivity index (χ4v) is 2.79. The van der Waals surface area contributed by atoms with Gasteiger partial charge in [-0.1, -0.05) is 45.0 Å². The second-order valence-electron chi connectivity index (χ2n) is 7.65. The van der Waals surface area contributed by atoms with E-state index in [0.717, 1.165) is 5.56 Å². The van der Waals surface area contributed by atoms with Crippen LogP contribution in [0.5, 0.6) is 17.2 Å². The van der Waals surface area contributed by atoms with E-state index < -0.39 is 5.97 Å². The maximum atomic E-state index is 12.3. The van der Waals surface area contributed by atoms with Gasteiger partial charge >= 0.3 is 5.97 Å². The fourth-order valence-electron chi connectivity index (χ4n) is 2.79. The largest absolute Gasteiger partial charge is 0.493 e. The topological polar surface area (TPSA) is 71.1 Å². The molecule has 2 aromatic rings. The molecular formula is C24H28O6. The van der Waals surface area contributed by atoms with Gasteiger partial charge in [0, 0.05) is 11.6 Å². The van der Waals surface area contributed by atoms with Gasteiger partial charge in [-0.3, -0.25) is 4.79 Å². The number of ketones is 1. The Morgan fingerprint density at radius 1 is 0.900 bits per heavy atom. The van der Waals surface area contributed by atoms with Gasteiger partial charge in [0.25, 0.3) is 0 Å². The van der Waals surface area contributed by atoms with E-state index in [2.05, 4.69) is 20.8 Å². The van der Waals surface area contributed by atoms with E-state index in [1.54, 1.807) is 30.3 Å². The van der Waals surface area contributed by atoms with E-state index in [-0.39, 0.29) is 17.8 Å². The van der Waals surface area contributed by atoms with Crippen LogP contribution in [0.25, 0.3) is 6.08 Å². The van der Waals surface area contributed by atoms with Crippen LogP contribution in [0, 0.1) is 0 Å². The molecule has 0 aliphatic rings. The van der Waals surface area contributed by atoms with E-state index in [4.69, 9.17) is 18.9 Å². The molecule has 0 spiro atoms. The summed E-state index contributed by atoms with van der Waals surface area (Å²) in [4.78, 5) is 24.3. The Morgan fingerprint density at radius 3 is 1.93 bits per heavy atom. The molecule has 0 heterocycles. The highest BCUT2D eigenvalue weighted by atomic mass is 16.5. The van der Waals surface area contributed by atoms with Crippen molar-refractivity contribution in [3.8, 4) is 17.2 Å². The monoisotopic (exact) mass is 412 g/mol. The molecule has 0 aromatic heterocycles. The van der Waals surface area contributed by atoms with E-state index in [1.165, 1.54) is 27.4 Å². The van der Waals surface area contributed by atoms with E-state index >= 15 is 0 Å². The third-order valence-corrected chi connectivity index (χ3v) is 4.52. The Balaban J connectivity index is 2.00. The number of hydrogen-bond donors (Lipinski definition) is 0. The first-order chi connectivity index (χ1) is 14.2. The van der Waals surface area contributed by atoms with Crippen molar-refractivity contribution in [1.82, 2.24) is 0 Å². The predicted octanol–water partition coefficient (Wildman–Crippen LogP) is 4.45. The summed E-state index contributed by atoms with van der Waals surface area (Å²) in [6.07, 6.45) is 2.80. The Bertz CT molecular complexity index is 895. The molecule has 6 heteroatoms. The lowest BCUT2D eigenvalue weighted by molar-refractivity contribution is -0.136. The zero-order valence-electron chi connectivity index (χ0n) is 18.3. The lowest BCUT2D eigenvalue weighted by atomic mass is 9.86. The molecule has 160 valence electrons. The molecule has 0 N–H and O–H groups in total. The summed E-state index contributed by atoms with van der Waals surface area (Å²) in [7, 11) is 4.54. The summed E-state index contributed by atoms with van der Waals surface area (Å²) in [6, 6.07) is 10.7. The van der Waals surface area contributed by atoms with Crippen LogP contribution in [0.2, 0.25) is 0 Å². The van der Waals surface area contributed by atoms with Crippen LogP contribution >= 0.6 is 0 Å². The average Bonchev–Trinajstić information content (AvgIpc) is 2.74. The van der Waals surface area contributed by atoms with Crippen molar-refractivity contribution in [2.24, 2.45) is 0 Å². The van der Waals surface area contributed by atoms with Gasteiger partial charge in [-0.15, -0.1) is 0 Å². The normalized spacial score (nSPS) is 11.3. The molecule has 0 atom stereocenters. The molecule has 0 aliphatic heterocycles. The highest BCUT2D eigenvalue weighted by Gasteiger charge is 2.15. The zero-order chi connectivity index (χ0) is 22.3. The molecule has 2 aromatic carbocycles. The highest BCUT2D eigenvalue weighted by Crippen LogP contribution is 2.38. The van der Waals surface area contributed by atoms with Crippen molar-refractivity contribution in [3.63, 3.8) is 0 Å². The van der Waals surface area contributed by atoms with Gasteiger partial charge in [0.15, 0.2) is 23.9 Å². The summed E-state index contributed by atoms with van der Waals surface area (Å²) in [5, 5.41) is 0. The lowest BCUT2D eigenvalue weighted by Crippen LogP contribution is -2.14. The van der Waals surface area contributed by atoms with Crippen molar-refractivity contribution in [2.75, 3.05) is 27.9 Å². The average molecular weight is 412 g/mol. The third-order valence-electron chi connectivity index (χ3n) is 4.52. The molecule has 0 bridgehead atoms. The van der Waals surface area contributed by atoms with Gasteiger partial charge in [0.05, 0.1) is 21.3 Å². The Morgan fingerprint density at radius 2 is 1.47 bits per heavy atom. The van der Waals surface area contributed by atoms with Gasteiger partial charge in [-0.25, -0.2) is 4.79 Å². The van der Waals surface area contributed by atoms with Gasteiger partial charge in [-0.2, -0.15) is 0 Å². The van der Waals surface area contributed by atoms with Crippen molar-refractivity contribution in [2.45, 2.75) is 26.2 Å². The minimum Gasteiger partial charge on any atom is -0.493 e. The molecule has 0 amide bonds. The second-order valence-corrected chi connectivity index (χ2v) is 7.65. The van der Waals surface area contributed by atoms with E-state index in [1.807, 2.05) is 12.1 Å². The molecule has 30 heavy (non-hydrogen) atoms. The fraction of sp³-hybridized carbons (Fsp3) is 0.333.